The molecule has 3 aromatic heterocycles. The molecule has 0 amide bonds. The zero-order chi connectivity index (χ0) is 19.1. The number of carbonyl (C=O) groups is 1. The maximum absolute atomic E-state index is 12.6. The second kappa shape index (κ2) is 6.81. The molecule has 4 rings (SSSR count). The van der Waals surface area contributed by atoms with Gasteiger partial charge in [0, 0.05) is 22.8 Å². The first-order valence-electron chi connectivity index (χ1n) is 9.21. The second-order valence-corrected chi connectivity index (χ2v) is 7.72. The number of thiazole rings is 1. The molecule has 0 atom stereocenters. The number of pyridine rings is 1. The van der Waals surface area contributed by atoms with Gasteiger partial charge in [-0.1, -0.05) is 18.3 Å². The van der Waals surface area contributed by atoms with Crippen molar-refractivity contribution in [2.24, 2.45) is 0 Å². The SMILES string of the molecule is CCNc1nc2c(ccc3[nH]c4cnc(C(=O)OC(C)C)c(CC)c4c32)s1. The molecule has 2 N–H and O–H groups in total. The van der Waals surface area contributed by atoms with Crippen molar-refractivity contribution in [2.75, 3.05) is 11.9 Å². The van der Waals surface area contributed by atoms with Crippen LogP contribution in [0.25, 0.3) is 32.0 Å². The molecule has 0 saturated heterocycles. The number of anilines is 1. The third kappa shape index (κ3) is 2.92. The maximum Gasteiger partial charge on any atom is 0.357 e. The summed E-state index contributed by atoms with van der Waals surface area (Å²) in [5, 5.41) is 6.25. The molecule has 1 aromatic carbocycles. The molecular weight excluding hydrogens is 360 g/mol. The third-order valence-electron chi connectivity index (χ3n) is 4.48. The van der Waals surface area contributed by atoms with E-state index in [2.05, 4.69) is 34.3 Å². The highest BCUT2D eigenvalue weighted by atomic mass is 32.1. The number of H-pyrrole nitrogens is 1. The molecule has 0 radical (unpaired) electrons. The highest BCUT2D eigenvalue weighted by Crippen LogP contribution is 2.38. The topological polar surface area (TPSA) is 79.9 Å². The molecule has 0 saturated carbocycles. The molecule has 7 heteroatoms. The molecule has 0 fully saturated rings. The monoisotopic (exact) mass is 382 g/mol. The minimum atomic E-state index is -0.378. The number of aromatic amines is 1. The van der Waals surface area contributed by atoms with Gasteiger partial charge in [0.15, 0.2) is 10.8 Å². The van der Waals surface area contributed by atoms with E-state index in [-0.39, 0.29) is 12.1 Å². The number of benzene rings is 1. The fourth-order valence-corrected chi connectivity index (χ4v) is 4.39. The zero-order valence-electron chi connectivity index (χ0n) is 15.8. The van der Waals surface area contributed by atoms with Crippen molar-refractivity contribution in [1.82, 2.24) is 15.0 Å². The van der Waals surface area contributed by atoms with E-state index in [1.807, 2.05) is 20.8 Å². The van der Waals surface area contributed by atoms with E-state index >= 15 is 0 Å². The second-order valence-electron chi connectivity index (χ2n) is 6.69. The zero-order valence-corrected chi connectivity index (χ0v) is 16.7. The summed E-state index contributed by atoms with van der Waals surface area (Å²) in [7, 11) is 0. The minimum absolute atomic E-state index is 0.185. The Morgan fingerprint density at radius 2 is 2.07 bits per heavy atom. The molecule has 0 spiro atoms. The molecule has 0 aliphatic heterocycles. The molecular formula is C20H22N4O2S. The molecule has 0 aliphatic rings. The van der Waals surface area contributed by atoms with Crippen molar-refractivity contribution >= 4 is 54.5 Å². The summed E-state index contributed by atoms with van der Waals surface area (Å²) < 4.78 is 6.52. The standard InChI is InChI=1S/C20H22N4O2S/c1-5-11-15-13(9-22-17(11)19(25)26-10(3)4)23-12-7-8-14-18(16(12)15)24-20(27-14)21-6-2/h7-10,23H,5-6H2,1-4H3,(H,21,24). The molecule has 4 aromatic rings. The fraction of sp³-hybridized carbons (Fsp3) is 0.350. The smallest absolute Gasteiger partial charge is 0.357 e. The first-order chi connectivity index (χ1) is 13.0. The Morgan fingerprint density at radius 1 is 1.26 bits per heavy atom. The third-order valence-corrected chi connectivity index (χ3v) is 5.46. The Morgan fingerprint density at radius 3 is 2.78 bits per heavy atom. The van der Waals surface area contributed by atoms with Crippen LogP contribution in [-0.4, -0.2) is 33.6 Å². The summed E-state index contributed by atoms with van der Waals surface area (Å²) in [5.41, 5.74) is 4.14. The van der Waals surface area contributed by atoms with E-state index in [4.69, 9.17) is 9.72 Å². The van der Waals surface area contributed by atoms with Gasteiger partial charge in [0.1, 0.15) is 0 Å². The average Bonchev–Trinajstić information content (AvgIpc) is 3.20. The lowest BCUT2D eigenvalue weighted by Crippen LogP contribution is -2.15. The Labute approximate surface area is 161 Å². The summed E-state index contributed by atoms with van der Waals surface area (Å²) in [6.45, 7) is 8.60. The highest BCUT2D eigenvalue weighted by molar-refractivity contribution is 7.22. The van der Waals surface area contributed by atoms with Crippen molar-refractivity contribution in [3.05, 3.63) is 29.6 Å². The number of fused-ring (bicyclic) bond motifs is 5. The van der Waals surface area contributed by atoms with Gasteiger partial charge in [-0.05, 0) is 44.9 Å². The van der Waals surface area contributed by atoms with Crippen molar-refractivity contribution in [1.29, 1.82) is 0 Å². The summed E-state index contributed by atoms with van der Waals surface area (Å²) in [6, 6.07) is 4.15. The lowest BCUT2D eigenvalue weighted by atomic mass is 10.0. The van der Waals surface area contributed by atoms with Gasteiger partial charge >= 0.3 is 5.97 Å². The molecule has 0 unspecified atom stereocenters. The molecule has 3 heterocycles. The van der Waals surface area contributed by atoms with Gasteiger partial charge in [-0.15, -0.1) is 0 Å². The van der Waals surface area contributed by atoms with E-state index < -0.39 is 0 Å². The number of nitrogens with zero attached hydrogens (tertiary/aromatic N) is 2. The number of esters is 1. The van der Waals surface area contributed by atoms with Gasteiger partial charge in [0.2, 0.25) is 0 Å². The first-order valence-corrected chi connectivity index (χ1v) is 10.0. The van der Waals surface area contributed by atoms with Crippen molar-refractivity contribution in [3.63, 3.8) is 0 Å². The van der Waals surface area contributed by atoms with Crippen LogP contribution < -0.4 is 5.32 Å². The number of aryl methyl sites for hydroxylation is 1. The Hall–Kier alpha value is -2.67. The van der Waals surface area contributed by atoms with Gasteiger partial charge in [-0.25, -0.2) is 14.8 Å². The van der Waals surface area contributed by atoms with Crippen LogP contribution in [0, 0.1) is 0 Å². The average molecular weight is 382 g/mol. The summed E-state index contributed by atoms with van der Waals surface area (Å²) in [5.74, 6) is -0.378. The number of hydrogen-bond acceptors (Lipinski definition) is 6. The largest absolute Gasteiger partial charge is 0.458 e. The molecule has 0 bridgehead atoms. The van der Waals surface area contributed by atoms with Crippen LogP contribution in [0.3, 0.4) is 0 Å². The van der Waals surface area contributed by atoms with E-state index in [9.17, 15) is 4.79 Å². The summed E-state index contributed by atoms with van der Waals surface area (Å²) in [6.07, 6.45) is 2.21. The Bertz CT molecular complexity index is 1160. The number of hydrogen-bond donors (Lipinski definition) is 2. The Kier molecular flexibility index (Phi) is 4.47. The predicted octanol–water partition coefficient (Wildman–Crippen LogP) is 4.89. The van der Waals surface area contributed by atoms with Crippen molar-refractivity contribution < 1.29 is 9.53 Å². The van der Waals surface area contributed by atoms with Crippen molar-refractivity contribution in [2.45, 2.75) is 40.2 Å². The van der Waals surface area contributed by atoms with Crippen molar-refractivity contribution in [3.8, 4) is 0 Å². The maximum atomic E-state index is 12.6. The van der Waals surface area contributed by atoms with Gasteiger partial charge in [0.25, 0.3) is 0 Å². The van der Waals surface area contributed by atoms with Gasteiger partial charge in [-0.2, -0.15) is 0 Å². The number of ether oxygens (including phenoxy) is 1. The van der Waals surface area contributed by atoms with E-state index in [1.165, 1.54) is 0 Å². The van der Waals surface area contributed by atoms with Crippen LogP contribution in [-0.2, 0) is 11.2 Å². The van der Waals surface area contributed by atoms with Crippen LogP contribution in [0.1, 0.15) is 43.7 Å². The normalized spacial score (nSPS) is 11.7. The first kappa shape index (κ1) is 17.7. The molecule has 6 nitrogen and oxygen atoms in total. The van der Waals surface area contributed by atoms with E-state index in [0.717, 1.165) is 49.3 Å². The van der Waals surface area contributed by atoms with E-state index in [0.29, 0.717) is 12.1 Å². The van der Waals surface area contributed by atoms with Crippen LogP contribution in [0.2, 0.25) is 0 Å². The molecule has 140 valence electrons. The minimum Gasteiger partial charge on any atom is -0.458 e. The number of carbonyl (C=O) groups excluding carboxylic acids is 1. The quantitative estimate of drug-likeness (QED) is 0.481. The molecule has 27 heavy (non-hydrogen) atoms. The number of nitrogens with one attached hydrogen (secondary N) is 2. The van der Waals surface area contributed by atoms with Crippen LogP contribution in [0.4, 0.5) is 5.13 Å². The number of rotatable bonds is 5. The highest BCUT2D eigenvalue weighted by Gasteiger charge is 2.22. The lowest BCUT2D eigenvalue weighted by Gasteiger charge is -2.11. The van der Waals surface area contributed by atoms with Crippen LogP contribution >= 0.6 is 11.3 Å². The van der Waals surface area contributed by atoms with Crippen LogP contribution in [0.15, 0.2) is 18.3 Å². The van der Waals surface area contributed by atoms with Crippen LogP contribution in [0.5, 0.6) is 0 Å². The predicted molar refractivity (Wildman–Crippen MR) is 111 cm³/mol. The fourth-order valence-electron chi connectivity index (χ4n) is 3.45. The van der Waals surface area contributed by atoms with Gasteiger partial charge < -0.3 is 15.0 Å². The Balaban J connectivity index is 2.04. The summed E-state index contributed by atoms with van der Waals surface area (Å²) in [4.78, 5) is 25.2. The van der Waals surface area contributed by atoms with Gasteiger partial charge in [-0.3, -0.25) is 0 Å². The number of aromatic nitrogens is 3. The van der Waals surface area contributed by atoms with Gasteiger partial charge in [0.05, 0.1) is 28.0 Å². The van der Waals surface area contributed by atoms with E-state index in [1.54, 1.807) is 17.5 Å². The lowest BCUT2D eigenvalue weighted by molar-refractivity contribution is 0.0370. The molecule has 0 aliphatic carbocycles. The summed E-state index contributed by atoms with van der Waals surface area (Å²) >= 11 is 1.64.